The lowest BCUT2D eigenvalue weighted by Crippen LogP contribution is -2.39. The summed E-state index contributed by atoms with van der Waals surface area (Å²) in [4.78, 5) is 29.5. The molecule has 1 saturated heterocycles. The minimum atomic E-state index is 0.0882. The molecule has 2 aromatic heterocycles. The van der Waals surface area contributed by atoms with Crippen LogP contribution in [0.2, 0.25) is 0 Å². The van der Waals surface area contributed by atoms with Gasteiger partial charge in [0.05, 0.1) is 11.0 Å². The van der Waals surface area contributed by atoms with Crippen LogP contribution in [0.25, 0.3) is 11.0 Å². The number of aromatic amines is 1. The SMILES string of the molecule is Cc1nc2ccc(C(=O)N3CCCC(c4nccn4CCN(C)C)C3)cc2[nH]1. The zero-order chi connectivity index (χ0) is 19.7. The van der Waals surface area contributed by atoms with Crippen LogP contribution in [0.15, 0.2) is 30.6 Å². The molecule has 1 aliphatic heterocycles. The fourth-order valence-electron chi connectivity index (χ4n) is 4.00. The number of hydrogen-bond acceptors (Lipinski definition) is 4. The van der Waals surface area contributed by atoms with Gasteiger partial charge in [-0.1, -0.05) is 0 Å². The molecule has 3 aromatic rings. The van der Waals surface area contributed by atoms with Crippen molar-refractivity contribution in [1.82, 2.24) is 29.3 Å². The van der Waals surface area contributed by atoms with Gasteiger partial charge >= 0.3 is 0 Å². The summed E-state index contributed by atoms with van der Waals surface area (Å²) in [7, 11) is 4.16. The van der Waals surface area contributed by atoms with Crippen LogP contribution in [-0.4, -0.2) is 69.0 Å². The Kier molecular flexibility index (Phi) is 5.17. The molecule has 4 rings (SSSR count). The summed E-state index contributed by atoms with van der Waals surface area (Å²) in [5, 5.41) is 0. The average Bonchev–Trinajstić information content (AvgIpc) is 3.30. The number of imidazole rings is 2. The molecule has 3 heterocycles. The molecular formula is C21H28N6O. The number of likely N-dealkylation sites (N-methyl/N-ethyl adjacent to an activating group) is 1. The largest absolute Gasteiger partial charge is 0.342 e. The summed E-state index contributed by atoms with van der Waals surface area (Å²) in [6.07, 6.45) is 6.00. The van der Waals surface area contributed by atoms with E-state index in [0.29, 0.717) is 5.56 Å². The normalized spacial score (nSPS) is 17.6. The van der Waals surface area contributed by atoms with Crippen LogP contribution in [0, 0.1) is 6.92 Å². The highest BCUT2D eigenvalue weighted by molar-refractivity contribution is 5.97. The number of carbonyl (C=O) groups excluding carboxylic acids is 1. The van der Waals surface area contributed by atoms with Gasteiger partial charge in [-0.15, -0.1) is 0 Å². The number of aryl methyl sites for hydroxylation is 1. The van der Waals surface area contributed by atoms with Crippen molar-refractivity contribution in [2.24, 2.45) is 0 Å². The zero-order valence-corrected chi connectivity index (χ0v) is 16.9. The molecule has 1 aromatic carbocycles. The van der Waals surface area contributed by atoms with Crippen LogP contribution in [0.4, 0.5) is 0 Å². The Hall–Kier alpha value is -2.67. The van der Waals surface area contributed by atoms with Gasteiger partial charge in [0.2, 0.25) is 0 Å². The Morgan fingerprint density at radius 2 is 2.21 bits per heavy atom. The van der Waals surface area contributed by atoms with E-state index in [4.69, 9.17) is 0 Å². The molecule has 1 atom stereocenters. The maximum atomic E-state index is 13.1. The fourth-order valence-corrected chi connectivity index (χ4v) is 4.00. The molecule has 1 fully saturated rings. The fraction of sp³-hybridized carbons (Fsp3) is 0.476. The lowest BCUT2D eigenvalue weighted by atomic mass is 9.96. The van der Waals surface area contributed by atoms with Crippen molar-refractivity contribution in [2.45, 2.75) is 32.2 Å². The standard InChI is InChI=1S/C21H28N6O/c1-15-23-18-7-6-16(13-19(18)24-15)21(28)27-9-4-5-17(14-27)20-22-8-10-26(20)12-11-25(2)3/h6-8,10,13,17H,4-5,9,11-12,14H2,1-3H3,(H,23,24). The highest BCUT2D eigenvalue weighted by Crippen LogP contribution is 2.27. The first-order chi connectivity index (χ1) is 13.5. The number of hydrogen-bond donors (Lipinski definition) is 1. The lowest BCUT2D eigenvalue weighted by Gasteiger charge is -2.33. The predicted molar refractivity (Wildman–Crippen MR) is 109 cm³/mol. The first-order valence-electron chi connectivity index (χ1n) is 9.92. The number of aromatic nitrogens is 4. The molecule has 0 bridgehead atoms. The van der Waals surface area contributed by atoms with E-state index in [2.05, 4.69) is 38.5 Å². The highest BCUT2D eigenvalue weighted by Gasteiger charge is 2.28. The number of amides is 1. The van der Waals surface area contributed by atoms with Crippen LogP contribution in [0.5, 0.6) is 0 Å². The van der Waals surface area contributed by atoms with E-state index >= 15 is 0 Å². The van der Waals surface area contributed by atoms with Crippen molar-refractivity contribution < 1.29 is 4.79 Å². The summed E-state index contributed by atoms with van der Waals surface area (Å²) in [5.74, 6) is 2.33. The maximum absolute atomic E-state index is 13.1. The van der Waals surface area contributed by atoms with Gasteiger partial charge in [0, 0.05) is 50.1 Å². The van der Waals surface area contributed by atoms with E-state index < -0.39 is 0 Å². The third-order valence-corrected chi connectivity index (χ3v) is 5.46. The van der Waals surface area contributed by atoms with E-state index in [-0.39, 0.29) is 11.8 Å². The first-order valence-corrected chi connectivity index (χ1v) is 9.92. The predicted octanol–water partition coefficient (Wildman–Crippen LogP) is 2.65. The van der Waals surface area contributed by atoms with Crippen molar-refractivity contribution in [1.29, 1.82) is 0 Å². The number of fused-ring (bicyclic) bond motifs is 1. The summed E-state index contributed by atoms with van der Waals surface area (Å²) >= 11 is 0. The third-order valence-electron chi connectivity index (χ3n) is 5.46. The molecule has 28 heavy (non-hydrogen) atoms. The molecule has 148 valence electrons. The monoisotopic (exact) mass is 380 g/mol. The molecule has 1 unspecified atom stereocenters. The molecule has 0 aliphatic carbocycles. The Morgan fingerprint density at radius 1 is 1.36 bits per heavy atom. The molecule has 1 N–H and O–H groups in total. The Morgan fingerprint density at radius 3 is 3.04 bits per heavy atom. The number of benzene rings is 1. The van der Waals surface area contributed by atoms with Gasteiger partial charge in [-0.05, 0) is 52.1 Å². The summed E-state index contributed by atoms with van der Waals surface area (Å²) in [5.41, 5.74) is 2.53. The minimum Gasteiger partial charge on any atom is -0.342 e. The van der Waals surface area contributed by atoms with Gasteiger partial charge in [-0.3, -0.25) is 4.79 Å². The lowest BCUT2D eigenvalue weighted by molar-refractivity contribution is 0.0703. The van der Waals surface area contributed by atoms with Gasteiger partial charge < -0.3 is 19.4 Å². The second kappa shape index (κ2) is 7.75. The van der Waals surface area contributed by atoms with Gasteiger partial charge in [-0.2, -0.15) is 0 Å². The van der Waals surface area contributed by atoms with E-state index in [1.165, 1.54) is 0 Å². The molecule has 0 spiro atoms. The zero-order valence-electron chi connectivity index (χ0n) is 16.9. The number of H-pyrrole nitrogens is 1. The van der Waals surface area contributed by atoms with E-state index in [1.54, 1.807) is 0 Å². The van der Waals surface area contributed by atoms with Crippen LogP contribution in [0.1, 0.15) is 40.8 Å². The number of piperidine rings is 1. The number of rotatable bonds is 5. The Bertz CT molecular complexity index is 972. The van der Waals surface area contributed by atoms with Gasteiger partial charge in [0.25, 0.3) is 5.91 Å². The van der Waals surface area contributed by atoms with Crippen LogP contribution < -0.4 is 0 Å². The third kappa shape index (κ3) is 3.80. The quantitative estimate of drug-likeness (QED) is 0.739. The molecule has 0 radical (unpaired) electrons. The van der Waals surface area contributed by atoms with Crippen LogP contribution >= 0.6 is 0 Å². The number of nitrogens with zero attached hydrogens (tertiary/aromatic N) is 5. The Labute approximate surface area is 165 Å². The van der Waals surface area contributed by atoms with Crippen molar-refractivity contribution in [3.05, 3.63) is 47.8 Å². The van der Waals surface area contributed by atoms with Crippen molar-refractivity contribution in [2.75, 3.05) is 33.7 Å². The highest BCUT2D eigenvalue weighted by atomic mass is 16.2. The average molecular weight is 380 g/mol. The second-order valence-corrected chi connectivity index (χ2v) is 7.93. The van der Waals surface area contributed by atoms with E-state index in [1.807, 2.05) is 42.4 Å². The molecular weight excluding hydrogens is 352 g/mol. The van der Waals surface area contributed by atoms with E-state index in [0.717, 1.165) is 61.7 Å². The van der Waals surface area contributed by atoms with Crippen molar-refractivity contribution in [3.63, 3.8) is 0 Å². The number of carbonyl (C=O) groups is 1. The molecule has 7 heteroatoms. The topological polar surface area (TPSA) is 70.1 Å². The minimum absolute atomic E-state index is 0.0882. The molecule has 1 amide bonds. The summed E-state index contributed by atoms with van der Waals surface area (Å²) in [6.45, 7) is 5.34. The maximum Gasteiger partial charge on any atom is 0.253 e. The number of likely N-dealkylation sites (tertiary alicyclic amines) is 1. The molecule has 7 nitrogen and oxygen atoms in total. The van der Waals surface area contributed by atoms with Gasteiger partial charge in [0.15, 0.2) is 0 Å². The van der Waals surface area contributed by atoms with Gasteiger partial charge in [-0.25, -0.2) is 9.97 Å². The molecule has 0 saturated carbocycles. The first kappa shape index (κ1) is 18.7. The number of nitrogens with one attached hydrogen (secondary N) is 1. The molecule has 1 aliphatic rings. The van der Waals surface area contributed by atoms with Crippen LogP contribution in [-0.2, 0) is 6.54 Å². The van der Waals surface area contributed by atoms with Gasteiger partial charge in [0.1, 0.15) is 11.6 Å². The smallest absolute Gasteiger partial charge is 0.253 e. The van der Waals surface area contributed by atoms with Crippen LogP contribution in [0.3, 0.4) is 0 Å². The summed E-state index contributed by atoms with van der Waals surface area (Å²) in [6, 6.07) is 5.72. The van der Waals surface area contributed by atoms with E-state index in [9.17, 15) is 4.79 Å². The van der Waals surface area contributed by atoms with Crippen molar-refractivity contribution >= 4 is 16.9 Å². The Balaban J connectivity index is 1.50. The summed E-state index contributed by atoms with van der Waals surface area (Å²) < 4.78 is 2.23. The van der Waals surface area contributed by atoms with Crippen molar-refractivity contribution in [3.8, 4) is 0 Å². The second-order valence-electron chi connectivity index (χ2n) is 7.93.